The standard InChI is InChI=1S/C12H24N2O3/c1-3-16-12(17-4-2)6-9-14-8-5-11(15)13-7-10-14/h12H,3-10H2,1-2H3,(H,13,15). The highest BCUT2D eigenvalue weighted by molar-refractivity contribution is 5.76. The molecule has 1 fully saturated rings. The fourth-order valence-corrected chi connectivity index (χ4v) is 1.91. The lowest BCUT2D eigenvalue weighted by Gasteiger charge is -2.23. The van der Waals surface area contributed by atoms with Gasteiger partial charge in [0.1, 0.15) is 0 Å². The maximum atomic E-state index is 11.2. The average Bonchev–Trinajstić information content (AvgIpc) is 2.52. The van der Waals surface area contributed by atoms with E-state index >= 15 is 0 Å². The Morgan fingerprint density at radius 2 is 2.00 bits per heavy atom. The summed E-state index contributed by atoms with van der Waals surface area (Å²) in [6.45, 7) is 8.69. The van der Waals surface area contributed by atoms with Crippen LogP contribution in [0, 0.1) is 0 Å². The van der Waals surface area contributed by atoms with Gasteiger partial charge < -0.3 is 19.7 Å². The van der Waals surface area contributed by atoms with E-state index in [9.17, 15) is 4.79 Å². The summed E-state index contributed by atoms with van der Waals surface area (Å²) in [5, 5.41) is 2.87. The molecule has 0 atom stereocenters. The lowest BCUT2D eigenvalue weighted by atomic mass is 10.3. The first-order chi connectivity index (χ1) is 8.26. The van der Waals surface area contributed by atoms with E-state index in [0.717, 1.165) is 32.6 Å². The maximum Gasteiger partial charge on any atom is 0.221 e. The molecule has 1 rings (SSSR count). The van der Waals surface area contributed by atoms with Gasteiger partial charge in [-0.2, -0.15) is 0 Å². The van der Waals surface area contributed by atoms with Gasteiger partial charge in [0.2, 0.25) is 5.91 Å². The summed E-state index contributed by atoms with van der Waals surface area (Å²) in [6.07, 6.45) is 1.33. The van der Waals surface area contributed by atoms with E-state index < -0.39 is 0 Å². The summed E-state index contributed by atoms with van der Waals surface area (Å²) >= 11 is 0. The average molecular weight is 244 g/mol. The molecule has 5 nitrogen and oxygen atoms in total. The lowest BCUT2D eigenvalue weighted by molar-refractivity contribution is -0.141. The number of hydrogen-bond donors (Lipinski definition) is 1. The normalized spacial score (nSPS) is 18.2. The number of carbonyl (C=O) groups excluding carboxylic acids is 1. The second kappa shape index (κ2) is 8.44. The fourth-order valence-electron chi connectivity index (χ4n) is 1.91. The number of amides is 1. The van der Waals surface area contributed by atoms with Crippen molar-refractivity contribution in [2.75, 3.05) is 39.4 Å². The Balaban J connectivity index is 2.24. The Hall–Kier alpha value is -0.650. The third-order valence-electron chi connectivity index (χ3n) is 2.79. The van der Waals surface area contributed by atoms with Crippen LogP contribution in [0.15, 0.2) is 0 Å². The molecular weight excluding hydrogens is 220 g/mol. The van der Waals surface area contributed by atoms with Crippen LogP contribution in [-0.4, -0.2) is 56.5 Å². The van der Waals surface area contributed by atoms with Crippen molar-refractivity contribution in [1.29, 1.82) is 0 Å². The highest BCUT2D eigenvalue weighted by atomic mass is 16.7. The Morgan fingerprint density at radius 3 is 2.65 bits per heavy atom. The summed E-state index contributed by atoms with van der Waals surface area (Å²) in [4.78, 5) is 13.5. The molecule has 17 heavy (non-hydrogen) atoms. The number of ether oxygens (including phenoxy) is 2. The van der Waals surface area contributed by atoms with Crippen LogP contribution in [0.25, 0.3) is 0 Å². The quantitative estimate of drug-likeness (QED) is 0.666. The first kappa shape index (κ1) is 14.4. The van der Waals surface area contributed by atoms with Crippen molar-refractivity contribution in [2.24, 2.45) is 0 Å². The molecule has 1 aliphatic rings. The van der Waals surface area contributed by atoms with E-state index in [1.807, 2.05) is 13.8 Å². The molecule has 0 bridgehead atoms. The van der Waals surface area contributed by atoms with Gasteiger partial charge in [-0.25, -0.2) is 0 Å². The minimum absolute atomic E-state index is 0.114. The molecule has 1 amide bonds. The third-order valence-corrected chi connectivity index (χ3v) is 2.79. The van der Waals surface area contributed by atoms with Crippen LogP contribution in [0.4, 0.5) is 0 Å². The molecule has 100 valence electrons. The second-order valence-electron chi connectivity index (χ2n) is 4.07. The zero-order valence-electron chi connectivity index (χ0n) is 10.9. The van der Waals surface area contributed by atoms with Gasteiger partial charge in [0.15, 0.2) is 6.29 Å². The topological polar surface area (TPSA) is 50.8 Å². The van der Waals surface area contributed by atoms with Gasteiger partial charge in [0, 0.05) is 52.2 Å². The molecule has 1 N–H and O–H groups in total. The Kier molecular flexibility index (Phi) is 7.16. The van der Waals surface area contributed by atoms with Crippen molar-refractivity contribution in [3.05, 3.63) is 0 Å². The number of rotatable bonds is 7. The zero-order chi connectivity index (χ0) is 12.5. The summed E-state index contributed by atoms with van der Waals surface area (Å²) < 4.78 is 11.0. The van der Waals surface area contributed by atoms with Crippen LogP contribution < -0.4 is 5.32 Å². The van der Waals surface area contributed by atoms with E-state index in [-0.39, 0.29) is 12.2 Å². The smallest absolute Gasteiger partial charge is 0.221 e. The van der Waals surface area contributed by atoms with Crippen LogP contribution in [-0.2, 0) is 14.3 Å². The molecule has 0 unspecified atom stereocenters. The van der Waals surface area contributed by atoms with Crippen LogP contribution in [0.5, 0.6) is 0 Å². The molecule has 1 heterocycles. The van der Waals surface area contributed by atoms with Crippen molar-refractivity contribution >= 4 is 5.91 Å². The molecule has 1 saturated heterocycles. The summed E-state index contributed by atoms with van der Waals surface area (Å²) in [5.74, 6) is 0.152. The molecule has 1 aliphatic heterocycles. The number of hydrogen-bond acceptors (Lipinski definition) is 4. The highest BCUT2D eigenvalue weighted by Gasteiger charge is 2.15. The van der Waals surface area contributed by atoms with E-state index in [2.05, 4.69) is 10.2 Å². The van der Waals surface area contributed by atoms with Gasteiger partial charge in [-0.15, -0.1) is 0 Å². The van der Waals surface area contributed by atoms with E-state index in [1.165, 1.54) is 0 Å². The first-order valence-corrected chi connectivity index (χ1v) is 6.48. The fraction of sp³-hybridized carbons (Fsp3) is 0.917. The van der Waals surface area contributed by atoms with Gasteiger partial charge in [-0.3, -0.25) is 4.79 Å². The van der Waals surface area contributed by atoms with Crippen molar-refractivity contribution in [3.8, 4) is 0 Å². The Labute approximate surface area is 103 Å². The number of nitrogens with one attached hydrogen (secondary N) is 1. The Bertz CT molecular complexity index is 218. The van der Waals surface area contributed by atoms with Gasteiger partial charge >= 0.3 is 0 Å². The molecule has 0 saturated carbocycles. The maximum absolute atomic E-state index is 11.2. The van der Waals surface area contributed by atoms with E-state index in [4.69, 9.17) is 9.47 Å². The second-order valence-corrected chi connectivity index (χ2v) is 4.07. The molecule has 0 aromatic carbocycles. The monoisotopic (exact) mass is 244 g/mol. The van der Waals surface area contributed by atoms with E-state index in [0.29, 0.717) is 19.6 Å². The first-order valence-electron chi connectivity index (χ1n) is 6.48. The summed E-state index contributed by atoms with van der Waals surface area (Å²) in [5.41, 5.74) is 0. The lowest BCUT2D eigenvalue weighted by Crippen LogP contribution is -2.32. The predicted octanol–water partition coefficient (Wildman–Crippen LogP) is 0.598. The number of carbonyl (C=O) groups is 1. The van der Waals surface area contributed by atoms with E-state index in [1.54, 1.807) is 0 Å². The molecule has 0 aliphatic carbocycles. The number of nitrogens with zero attached hydrogens (tertiary/aromatic N) is 1. The van der Waals surface area contributed by atoms with Crippen LogP contribution in [0.1, 0.15) is 26.7 Å². The van der Waals surface area contributed by atoms with Gasteiger partial charge in [0.25, 0.3) is 0 Å². The highest BCUT2D eigenvalue weighted by Crippen LogP contribution is 2.05. The summed E-state index contributed by atoms with van der Waals surface area (Å²) in [7, 11) is 0. The van der Waals surface area contributed by atoms with Crippen LogP contribution in [0.2, 0.25) is 0 Å². The Morgan fingerprint density at radius 1 is 1.29 bits per heavy atom. The predicted molar refractivity (Wildman–Crippen MR) is 65.7 cm³/mol. The minimum Gasteiger partial charge on any atom is -0.355 e. The van der Waals surface area contributed by atoms with Crippen molar-refractivity contribution in [2.45, 2.75) is 33.0 Å². The molecule has 0 radical (unpaired) electrons. The van der Waals surface area contributed by atoms with Gasteiger partial charge in [-0.05, 0) is 13.8 Å². The SMILES string of the molecule is CCOC(CCN1CCNC(=O)CC1)OCC. The van der Waals surface area contributed by atoms with Crippen molar-refractivity contribution < 1.29 is 14.3 Å². The third kappa shape index (κ3) is 6.00. The minimum atomic E-state index is -0.114. The van der Waals surface area contributed by atoms with Gasteiger partial charge in [-0.1, -0.05) is 0 Å². The molecule has 0 spiro atoms. The van der Waals surface area contributed by atoms with Crippen molar-refractivity contribution in [3.63, 3.8) is 0 Å². The van der Waals surface area contributed by atoms with Crippen LogP contribution in [0.3, 0.4) is 0 Å². The molecule has 0 aromatic heterocycles. The molecule has 5 heteroatoms. The zero-order valence-corrected chi connectivity index (χ0v) is 10.9. The molecule has 0 aromatic rings. The largest absolute Gasteiger partial charge is 0.355 e. The van der Waals surface area contributed by atoms with Gasteiger partial charge in [0.05, 0.1) is 0 Å². The van der Waals surface area contributed by atoms with Crippen molar-refractivity contribution in [1.82, 2.24) is 10.2 Å². The van der Waals surface area contributed by atoms with Crippen LogP contribution >= 0.6 is 0 Å². The summed E-state index contributed by atoms with van der Waals surface area (Å²) in [6, 6.07) is 0. The molecular formula is C12H24N2O3.